The Balaban J connectivity index is 1.75. The standard InChI is InChI=1S/C23H28O5/c1-14(24)27-13-23-11-8-17(28-15(2)25)12-16(23)4-5-18-19-6-7-21(26)22(19,3)10-9-20(18)23/h4-5,12,19-20H,6-11,13H2,1-3H3/t19-,20-,22-,23+/m0/s1. The minimum Gasteiger partial charge on any atom is -0.465 e. The van der Waals surface area contributed by atoms with Crippen molar-refractivity contribution in [2.24, 2.45) is 22.7 Å². The number of ether oxygens (including phenoxy) is 2. The van der Waals surface area contributed by atoms with Crippen molar-refractivity contribution in [2.75, 3.05) is 6.61 Å². The molecule has 0 amide bonds. The predicted octanol–water partition coefficient (Wildman–Crippen LogP) is 4.04. The Kier molecular flexibility index (Phi) is 4.59. The number of carbonyl (C=O) groups is 3. The second kappa shape index (κ2) is 6.71. The monoisotopic (exact) mass is 384 g/mol. The minimum absolute atomic E-state index is 0.246. The maximum absolute atomic E-state index is 12.6. The first-order chi connectivity index (χ1) is 13.3. The molecule has 0 N–H and O–H groups in total. The van der Waals surface area contributed by atoms with Crippen LogP contribution < -0.4 is 0 Å². The summed E-state index contributed by atoms with van der Waals surface area (Å²) < 4.78 is 10.9. The van der Waals surface area contributed by atoms with Gasteiger partial charge in [-0.2, -0.15) is 0 Å². The molecule has 4 atom stereocenters. The molecule has 5 nitrogen and oxygen atoms in total. The molecule has 28 heavy (non-hydrogen) atoms. The molecule has 0 bridgehead atoms. The molecule has 2 fully saturated rings. The first-order valence-electron chi connectivity index (χ1n) is 10.2. The third kappa shape index (κ3) is 2.87. The molecular formula is C23H28O5. The van der Waals surface area contributed by atoms with Crippen LogP contribution >= 0.6 is 0 Å². The fourth-order valence-corrected chi connectivity index (χ4v) is 6.01. The Morgan fingerprint density at radius 3 is 2.57 bits per heavy atom. The average Bonchev–Trinajstić information content (AvgIpc) is 2.94. The predicted molar refractivity (Wildman–Crippen MR) is 103 cm³/mol. The molecule has 0 saturated heterocycles. The SMILES string of the molecule is CC(=O)OC[C@]12CCC(OC(C)=O)=CC1=CC=C1[C@@H]2CC[C@]2(C)C(=O)CC[C@@H]12. The molecule has 0 aromatic rings. The summed E-state index contributed by atoms with van der Waals surface area (Å²) in [7, 11) is 0. The van der Waals surface area contributed by atoms with Gasteiger partial charge in [0, 0.05) is 37.5 Å². The van der Waals surface area contributed by atoms with E-state index in [1.54, 1.807) is 0 Å². The molecule has 4 aliphatic rings. The molecule has 0 aliphatic heterocycles. The Labute approximate surface area is 165 Å². The van der Waals surface area contributed by atoms with Gasteiger partial charge in [-0.15, -0.1) is 0 Å². The van der Waals surface area contributed by atoms with E-state index in [2.05, 4.69) is 19.1 Å². The first kappa shape index (κ1) is 19.2. The highest BCUT2D eigenvalue weighted by atomic mass is 16.5. The van der Waals surface area contributed by atoms with Gasteiger partial charge < -0.3 is 9.47 Å². The van der Waals surface area contributed by atoms with E-state index in [9.17, 15) is 14.4 Å². The minimum atomic E-state index is -0.315. The van der Waals surface area contributed by atoms with Crippen molar-refractivity contribution in [3.8, 4) is 0 Å². The Morgan fingerprint density at radius 2 is 1.86 bits per heavy atom. The maximum Gasteiger partial charge on any atom is 0.307 e. The zero-order chi connectivity index (χ0) is 20.1. The average molecular weight is 384 g/mol. The summed E-state index contributed by atoms with van der Waals surface area (Å²) in [5, 5.41) is 0. The topological polar surface area (TPSA) is 69.7 Å². The Morgan fingerprint density at radius 1 is 1.07 bits per heavy atom. The van der Waals surface area contributed by atoms with E-state index in [1.165, 1.54) is 19.4 Å². The van der Waals surface area contributed by atoms with Crippen LogP contribution in [0, 0.1) is 22.7 Å². The second-order valence-corrected chi connectivity index (χ2v) is 8.95. The second-order valence-electron chi connectivity index (χ2n) is 8.95. The molecular weight excluding hydrogens is 356 g/mol. The summed E-state index contributed by atoms with van der Waals surface area (Å²) in [6.07, 6.45) is 11.0. The van der Waals surface area contributed by atoms with Gasteiger partial charge in [0.05, 0.1) is 0 Å². The summed E-state index contributed by atoms with van der Waals surface area (Å²) >= 11 is 0. The normalized spacial score (nSPS) is 36.2. The van der Waals surface area contributed by atoms with Crippen LogP contribution in [-0.4, -0.2) is 24.3 Å². The third-order valence-electron chi connectivity index (χ3n) is 7.46. The van der Waals surface area contributed by atoms with Crippen LogP contribution in [0.1, 0.15) is 59.3 Å². The number of esters is 2. The molecule has 0 heterocycles. The highest BCUT2D eigenvalue weighted by molar-refractivity contribution is 5.88. The molecule has 4 rings (SSSR count). The van der Waals surface area contributed by atoms with Crippen molar-refractivity contribution in [1.29, 1.82) is 0 Å². The lowest BCUT2D eigenvalue weighted by Gasteiger charge is -2.52. The number of Topliss-reactive ketones (excluding diaryl/α,β-unsaturated/α-hetero) is 1. The summed E-state index contributed by atoms with van der Waals surface area (Å²) in [5.74, 6) is 1.00. The van der Waals surface area contributed by atoms with Gasteiger partial charge in [0.15, 0.2) is 0 Å². The fraction of sp³-hybridized carbons (Fsp3) is 0.609. The number of fused-ring (bicyclic) bond motifs is 5. The van der Waals surface area contributed by atoms with E-state index >= 15 is 0 Å². The smallest absolute Gasteiger partial charge is 0.307 e. The van der Waals surface area contributed by atoms with E-state index in [0.29, 0.717) is 31.0 Å². The maximum atomic E-state index is 12.6. The molecule has 5 heteroatoms. The zero-order valence-electron chi connectivity index (χ0n) is 16.9. The Hall–Kier alpha value is -2.17. The first-order valence-corrected chi connectivity index (χ1v) is 10.2. The quantitative estimate of drug-likeness (QED) is 0.687. The molecule has 0 spiro atoms. The van der Waals surface area contributed by atoms with E-state index in [0.717, 1.165) is 31.3 Å². The lowest BCUT2D eigenvalue weighted by atomic mass is 9.51. The van der Waals surface area contributed by atoms with E-state index in [4.69, 9.17) is 9.47 Å². The van der Waals surface area contributed by atoms with Crippen molar-refractivity contribution in [3.05, 3.63) is 35.1 Å². The van der Waals surface area contributed by atoms with Gasteiger partial charge in [-0.05, 0) is 49.2 Å². The van der Waals surface area contributed by atoms with Crippen LogP contribution in [0.15, 0.2) is 35.1 Å². The molecule has 0 aromatic carbocycles. The van der Waals surface area contributed by atoms with Gasteiger partial charge in [-0.25, -0.2) is 0 Å². The van der Waals surface area contributed by atoms with Crippen molar-refractivity contribution >= 4 is 17.7 Å². The summed E-state index contributed by atoms with van der Waals surface area (Å²) in [4.78, 5) is 35.6. The van der Waals surface area contributed by atoms with E-state index < -0.39 is 0 Å². The van der Waals surface area contributed by atoms with Gasteiger partial charge in [-0.1, -0.05) is 24.6 Å². The number of carbonyl (C=O) groups excluding carboxylic acids is 3. The van der Waals surface area contributed by atoms with Crippen LogP contribution in [0.5, 0.6) is 0 Å². The van der Waals surface area contributed by atoms with Crippen molar-refractivity contribution in [1.82, 2.24) is 0 Å². The number of rotatable bonds is 3. The number of hydrogen-bond acceptors (Lipinski definition) is 5. The van der Waals surface area contributed by atoms with Gasteiger partial charge in [0.25, 0.3) is 0 Å². The van der Waals surface area contributed by atoms with Gasteiger partial charge in [-0.3, -0.25) is 14.4 Å². The van der Waals surface area contributed by atoms with Crippen molar-refractivity contribution in [3.63, 3.8) is 0 Å². The van der Waals surface area contributed by atoms with Crippen LogP contribution in [0.4, 0.5) is 0 Å². The zero-order valence-corrected chi connectivity index (χ0v) is 16.9. The van der Waals surface area contributed by atoms with Gasteiger partial charge in [0.2, 0.25) is 0 Å². The molecule has 2 saturated carbocycles. The van der Waals surface area contributed by atoms with Crippen LogP contribution in [-0.2, 0) is 23.9 Å². The summed E-state index contributed by atoms with van der Waals surface area (Å²) in [6, 6.07) is 0. The largest absolute Gasteiger partial charge is 0.465 e. The highest BCUT2D eigenvalue weighted by Crippen LogP contribution is 2.62. The van der Waals surface area contributed by atoms with E-state index in [-0.39, 0.29) is 34.6 Å². The summed E-state index contributed by atoms with van der Waals surface area (Å²) in [5.41, 5.74) is 1.87. The lowest BCUT2D eigenvalue weighted by Crippen LogP contribution is -2.48. The number of hydrogen-bond donors (Lipinski definition) is 0. The number of ketones is 1. The van der Waals surface area contributed by atoms with Crippen molar-refractivity contribution < 1.29 is 23.9 Å². The summed E-state index contributed by atoms with van der Waals surface area (Å²) in [6.45, 7) is 5.31. The molecule has 0 radical (unpaired) electrons. The Bertz CT molecular complexity index is 832. The van der Waals surface area contributed by atoms with Gasteiger partial charge >= 0.3 is 11.9 Å². The molecule has 0 aromatic heterocycles. The fourth-order valence-electron chi connectivity index (χ4n) is 6.01. The molecule has 150 valence electrons. The molecule has 4 aliphatic carbocycles. The van der Waals surface area contributed by atoms with E-state index in [1.807, 2.05) is 6.08 Å². The van der Waals surface area contributed by atoms with Crippen molar-refractivity contribution in [2.45, 2.75) is 59.3 Å². The van der Waals surface area contributed by atoms with Crippen LogP contribution in [0.2, 0.25) is 0 Å². The van der Waals surface area contributed by atoms with Crippen LogP contribution in [0.25, 0.3) is 0 Å². The number of allylic oxidation sites excluding steroid dienone is 5. The highest BCUT2D eigenvalue weighted by Gasteiger charge is 2.57. The van der Waals surface area contributed by atoms with Gasteiger partial charge in [0.1, 0.15) is 18.1 Å². The van der Waals surface area contributed by atoms with Crippen LogP contribution in [0.3, 0.4) is 0 Å². The molecule has 0 unspecified atom stereocenters. The lowest BCUT2D eigenvalue weighted by molar-refractivity contribution is -0.145. The third-order valence-corrected chi connectivity index (χ3v) is 7.46.